The fraction of sp³-hybridized carbons (Fsp3) is 0.827. The number of hydrogen-bond donors (Lipinski definition) is 0. The Morgan fingerprint density at radius 1 is 0.259 bits per heavy atom. The molecule has 0 aromatic rings. The first-order valence-electron chi connectivity index (χ1n) is 35.8. The van der Waals surface area contributed by atoms with Crippen molar-refractivity contribution in [3.05, 3.63) is 60.8 Å². The first kappa shape index (κ1) is 78.1. The Bertz CT molecular complexity index is 1440. The van der Waals surface area contributed by atoms with Crippen LogP contribution in [0, 0.1) is 0 Å². The van der Waals surface area contributed by atoms with Gasteiger partial charge in [0.2, 0.25) is 0 Å². The number of carbonyl (C=O) groups is 3. The first-order valence-corrected chi connectivity index (χ1v) is 35.8. The van der Waals surface area contributed by atoms with E-state index in [0.29, 0.717) is 19.3 Å². The van der Waals surface area contributed by atoms with Gasteiger partial charge >= 0.3 is 17.9 Å². The van der Waals surface area contributed by atoms with Gasteiger partial charge in [0.1, 0.15) is 13.2 Å². The fourth-order valence-corrected chi connectivity index (χ4v) is 10.7. The molecule has 1 atom stereocenters. The van der Waals surface area contributed by atoms with Gasteiger partial charge in [-0.1, -0.05) is 358 Å². The lowest BCUT2D eigenvalue weighted by atomic mass is 10.0. The van der Waals surface area contributed by atoms with Crippen molar-refractivity contribution in [1.29, 1.82) is 0 Å². The van der Waals surface area contributed by atoms with E-state index in [1.807, 2.05) is 0 Å². The Labute approximate surface area is 504 Å². The van der Waals surface area contributed by atoms with E-state index >= 15 is 0 Å². The highest BCUT2D eigenvalue weighted by atomic mass is 16.6. The minimum atomic E-state index is -0.768. The zero-order valence-electron chi connectivity index (χ0n) is 54.3. The van der Waals surface area contributed by atoms with Gasteiger partial charge < -0.3 is 14.2 Å². The normalized spacial score (nSPS) is 12.4. The molecule has 472 valence electrons. The Morgan fingerprint density at radius 2 is 0.481 bits per heavy atom. The molecule has 81 heavy (non-hydrogen) atoms. The maximum atomic E-state index is 12.9. The van der Waals surface area contributed by atoms with Gasteiger partial charge in [0.05, 0.1) is 0 Å². The predicted octanol–water partition coefficient (Wildman–Crippen LogP) is 24.7. The number of unbranched alkanes of at least 4 members (excludes halogenated alkanes) is 45. The van der Waals surface area contributed by atoms with Crippen molar-refractivity contribution < 1.29 is 28.6 Å². The zero-order valence-corrected chi connectivity index (χ0v) is 54.3. The van der Waals surface area contributed by atoms with Crippen LogP contribution >= 0.6 is 0 Å². The average molecular weight is 1130 g/mol. The van der Waals surface area contributed by atoms with Crippen LogP contribution in [-0.2, 0) is 28.6 Å². The third kappa shape index (κ3) is 67.8. The summed E-state index contributed by atoms with van der Waals surface area (Å²) < 4.78 is 17.0. The second-order valence-electron chi connectivity index (χ2n) is 24.1. The lowest BCUT2D eigenvalue weighted by Crippen LogP contribution is -2.30. The van der Waals surface area contributed by atoms with E-state index in [2.05, 4.69) is 81.5 Å². The summed E-state index contributed by atoms with van der Waals surface area (Å²) in [5, 5.41) is 0. The number of carbonyl (C=O) groups excluding carboxylic acids is 3. The molecular weight excluding hydrogens is 997 g/mol. The number of rotatable bonds is 66. The first-order chi connectivity index (χ1) is 40.0. The highest BCUT2D eigenvalue weighted by Gasteiger charge is 2.19. The summed E-state index contributed by atoms with van der Waals surface area (Å²) in [6, 6.07) is 0. The van der Waals surface area contributed by atoms with Gasteiger partial charge in [-0.3, -0.25) is 14.4 Å². The minimum Gasteiger partial charge on any atom is -0.462 e. The van der Waals surface area contributed by atoms with Crippen LogP contribution in [0.3, 0.4) is 0 Å². The van der Waals surface area contributed by atoms with E-state index in [1.54, 1.807) is 0 Å². The van der Waals surface area contributed by atoms with E-state index in [4.69, 9.17) is 14.2 Å². The predicted molar refractivity (Wildman–Crippen MR) is 353 cm³/mol. The van der Waals surface area contributed by atoms with Crippen molar-refractivity contribution in [2.45, 2.75) is 386 Å². The highest BCUT2D eigenvalue weighted by Crippen LogP contribution is 2.19. The van der Waals surface area contributed by atoms with Crippen molar-refractivity contribution >= 4 is 17.9 Å². The van der Waals surface area contributed by atoms with E-state index in [-0.39, 0.29) is 31.1 Å². The molecule has 0 bridgehead atoms. The van der Waals surface area contributed by atoms with Gasteiger partial charge in [-0.25, -0.2) is 0 Å². The van der Waals surface area contributed by atoms with Crippen LogP contribution < -0.4 is 0 Å². The van der Waals surface area contributed by atoms with Gasteiger partial charge in [0, 0.05) is 19.3 Å². The summed E-state index contributed by atoms with van der Waals surface area (Å²) in [4.78, 5) is 38.3. The molecule has 0 fully saturated rings. The van der Waals surface area contributed by atoms with Crippen LogP contribution in [0.5, 0.6) is 0 Å². The molecule has 0 saturated carbocycles. The molecule has 0 rings (SSSR count). The lowest BCUT2D eigenvalue weighted by Gasteiger charge is -2.18. The molecule has 0 aliphatic rings. The molecular formula is C75H136O6. The molecule has 0 aliphatic heterocycles. The maximum Gasteiger partial charge on any atom is 0.306 e. The van der Waals surface area contributed by atoms with E-state index in [1.165, 1.54) is 250 Å². The molecule has 1 unspecified atom stereocenters. The van der Waals surface area contributed by atoms with E-state index in [9.17, 15) is 14.4 Å². The summed E-state index contributed by atoms with van der Waals surface area (Å²) >= 11 is 0. The van der Waals surface area contributed by atoms with Gasteiger partial charge in [-0.2, -0.15) is 0 Å². The molecule has 0 amide bonds. The van der Waals surface area contributed by atoms with Crippen LogP contribution in [-0.4, -0.2) is 37.2 Å². The minimum absolute atomic E-state index is 0.0663. The van der Waals surface area contributed by atoms with Crippen LogP contribution in [0.1, 0.15) is 380 Å². The van der Waals surface area contributed by atoms with Crippen molar-refractivity contribution in [3.63, 3.8) is 0 Å². The standard InChI is InChI=1S/C75H136O6/c1-4-7-10-13-16-19-22-24-26-28-30-32-33-34-35-36-37-38-39-40-41-42-43-44-46-47-49-51-53-56-59-62-65-68-74(77)80-71-72(70-79-73(76)67-64-61-58-55-21-18-15-12-9-6-3)81-75(78)69-66-63-60-57-54-52-50-48-45-31-29-27-25-23-20-17-14-11-8-5-2/h7,10,16,19,24,26,30,32,34-35,72H,4-6,8-9,11-15,17-18,20-23,25,27-29,31,33,36-71H2,1-3H3/b10-7-,19-16-,26-24-,32-30-,35-34-. The average Bonchev–Trinajstić information content (AvgIpc) is 3.47. The van der Waals surface area contributed by atoms with Gasteiger partial charge in [0.25, 0.3) is 0 Å². The Hall–Kier alpha value is -2.89. The van der Waals surface area contributed by atoms with Gasteiger partial charge in [-0.05, 0) is 64.2 Å². The summed E-state index contributed by atoms with van der Waals surface area (Å²) in [5.74, 6) is -0.840. The Kier molecular flexibility index (Phi) is 67.1. The topological polar surface area (TPSA) is 78.9 Å². The largest absolute Gasteiger partial charge is 0.462 e. The molecule has 0 spiro atoms. The van der Waals surface area contributed by atoms with Crippen LogP contribution in [0.2, 0.25) is 0 Å². The number of esters is 3. The number of ether oxygens (including phenoxy) is 3. The van der Waals surface area contributed by atoms with E-state index in [0.717, 1.165) is 89.9 Å². The SMILES string of the molecule is CC/C=C\C/C=C\C/C=C\C/C=C\C/C=C\CCCCCCCCCCCCCCCCCCCC(=O)OCC(COC(=O)CCCCCCCCCCCC)OC(=O)CCCCCCCCCCCCCCCCCCCCCC. The molecule has 0 N–H and O–H groups in total. The third-order valence-electron chi connectivity index (χ3n) is 16.0. The monoisotopic (exact) mass is 1130 g/mol. The zero-order chi connectivity index (χ0) is 58.5. The van der Waals surface area contributed by atoms with Crippen molar-refractivity contribution in [2.75, 3.05) is 13.2 Å². The van der Waals surface area contributed by atoms with Crippen LogP contribution in [0.25, 0.3) is 0 Å². The molecule has 0 heterocycles. The second-order valence-corrected chi connectivity index (χ2v) is 24.1. The van der Waals surface area contributed by atoms with Gasteiger partial charge in [-0.15, -0.1) is 0 Å². The quantitative estimate of drug-likeness (QED) is 0.0261. The van der Waals surface area contributed by atoms with Crippen molar-refractivity contribution in [3.8, 4) is 0 Å². The summed E-state index contributed by atoms with van der Waals surface area (Å²) in [6.07, 6.45) is 89.8. The smallest absolute Gasteiger partial charge is 0.306 e. The lowest BCUT2D eigenvalue weighted by molar-refractivity contribution is -0.167. The van der Waals surface area contributed by atoms with Crippen LogP contribution in [0.15, 0.2) is 60.8 Å². The molecule has 6 heteroatoms. The fourth-order valence-electron chi connectivity index (χ4n) is 10.7. The second kappa shape index (κ2) is 69.6. The molecule has 0 aliphatic carbocycles. The number of hydrogen-bond acceptors (Lipinski definition) is 6. The summed E-state index contributed by atoms with van der Waals surface area (Å²) in [5.41, 5.74) is 0. The van der Waals surface area contributed by atoms with Crippen molar-refractivity contribution in [1.82, 2.24) is 0 Å². The molecule has 0 radical (unpaired) electrons. The Morgan fingerprint density at radius 3 is 0.753 bits per heavy atom. The maximum absolute atomic E-state index is 12.9. The highest BCUT2D eigenvalue weighted by molar-refractivity contribution is 5.71. The Balaban J connectivity index is 4.09. The summed E-state index contributed by atoms with van der Waals surface area (Å²) in [6.45, 7) is 6.58. The molecule has 0 aromatic carbocycles. The number of allylic oxidation sites excluding steroid dienone is 10. The van der Waals surface area contributed by atoms with Gasteiger partial charge in [0.15, 0.2) is 6.10 Å². The third-order valence-corrected chi connectivity index (χ3v) is 16.0. The summed E-state index contributed by atoms with van der Waals surface area (Å²) in [7, 11) is 0. The molecule has 0 saturated heterocycles. The van der Waals surface area contributed by atoms with E-state index < -0.39 is 6.10 Å². The molecule has 0 aromatic heterocycles. The van der Waals surface area contributed by atoms with Crippen LogP contribution in [0.4, 0.5) is 0 Å². The molecule has 6 nitrogen and oxygen atoms in total. The van der Waals surface area contributed by atoms with Crippen molar-refractivity contribution in [2.24, 2.45) is 0 Å².